The molecule has 3 heteroatoms. The zero-order valence-electron chi connectivity index (χ0n) is 12.2. The van der Waals surface area contributed by atoms with E-state index in [0.717, 1.165) is 12.5 Å². The SMILES string of the molecule is CCNC(=NCc1cccc(C)c1)NC(C)(C)C. The van der Waals surface area contributed by atoms with E-state index >= 15 is 0 Å². The molecule has 18 heavy (non-hydrogen) atoms. The van der Waals surface area contributed by atoms with Gasteiger partial charge in [0.15, 0.2) is 5.96 Å². The zero-order valence-corrected chi connectivity index (χ0v) is 12.2. The van der Waals surface area contributed by atoms with E-state index in [9.17, 15) is 0 Å². The third-order valence-corrected chi connectivity index (χ3v) is 2.34. The van der Waals surface area contributed by atoms with Crippen LogP contribution in [0.2, 0.25) is 0 Å². The summed E-state index contributed by atoms with van der Waals surface area (Å²) in [6, 6.07) is 8.46. The molecule has 0 unspecified atom stereocenters. The maximum Gasteiger partial charge on any atom is 0.191 e. The van der Waals surface area contributed by atoms with Crippen molar-refractivity contribution in [2.75, 3.05) is 6.54 Å². The highest BCUT2D eigenvalue weighted by Gasteiger charge is 2.11. The average Bonchev–Trinajstić information content (AvgIpc) is 2.24. The van der Waals surface area contributed by atoms with Crippen molar-refractivity contribution >= 4 is 5.96 Å². The number of hydrogen-bond acceptors (Lipinski definition) is 1. The Labute approximate surface area is 111 Å². The number of nitrogens with zero attached hydrogens (tertiary/aromatic N) is 1. The van der Waals surface area contributed by atoms with E-state index in [4.69, 9.17) is 0 Å². The summed E-state index contributed by atoms with van der Waals surface area (Å²) in [5.74, 6) is 0.867. The first-order valence-corrected chi connectivity index (χ1v) is 6.53. The van der Waals surface area contributed by atoms with Gasteiger partial charge in [-0.15, -0.1) is 0 Å². The van der Waals surface area contributed by atoms with Gasteiger partial charge in [-0.2, -0.15) is 0 Å². The molecule has 0 atom stereocenters. The van der Waals surface area contributed by atoms with Crippen molar-refractivity contribution < 1.29 is 0 Å². The summed E-state index contributed by atoms with van der Waals surface area (Å²) >= 11 is 0. The van der Waals surface area contributed by atoms with Crippen LogP contribution in [0.1, 0.15) is 38.8 Å². The topological polar surface area (TPSA) is 36.4 Å². The van der Waals surface area contributed by atoms with Gasteiger partial charge in [0.2, 0.25) is 0 Å². The number of nitrogens with one attached hydrogen (secondary N) is 2. The summed E-state index contributed by atoms with van der Waals surface area (Å²) < 4.78 is 0. The normalized spacial score (nSPS) is 12.4. The molecular weight excluding hydrogens is 222 g/mol. The number of benzene rings is 1. The Kier molecular flexibility index (Phi) is 5.20. The van der Waals surface area contributed by atoms with E-state index < -0.39 is 0 Å². The number of guanidine groups is 1. The molecule has 0 fully saturated rings. The van der Waals surface area contributed by atoms with Gasteiger partial charge in [-0.3, -0.25) is 0 Å². The third kappa shape index (κ3) is 5.71. The molecule has 0 spiro atoms. The monoisotopic (exact) mass is 247 g/mol. The van der Waals surface area contributed by atoms with Gasteiger partial charge in [0, 0.05) is 12.1 Å². The summed E-state index contributed by atoms with van der Waals surface area (Å²) in [6.07, 6.45) is 0. The van der Waals surface area contributed by atoms with Crippen molar-refractivity contribution in [1.82, 2.24) is 10.6 Å². The minimum absolute atomic E-state index is 0.0214. The van der Waals surface area contributed by atoms with E-state index in [0.29, 0.717) is 6.54 Å². The third-order valence-electron chi connectivity index (χ3n) is 2.34. The van der Waals surface area contributed by atoms with Gasteiger partial charge in [-0.25, -0.2) is 4.99 Å². The van der Waals surface area contributed by atoms with Crippen LogP contribution < -0.4 is 10.6 Å². The van der Waals surface area contributed by atoms with Crippen molar-refractivity contribution in [2.45, 2.75) is 46.7 Å². The maximum atomic E-state index is 4.60. The van der Waals surface area contributed by atoms with Crippen molar-refractivity contribution in [3.05, 3.63) is 35.4 Å². The van der Waals surface area contributed by atoms with E-state index in [-0.39, 0.29) is 5.54 Å². The van der Waals surface area contributed by atoms with Gasteiger partial charge in [0.05, 0.1) is 6.54 Å². The van der Waals surface area contributed by atoms with Crippen LogP contribution in [0.4, 0.5) is 0 Å². The fourth-order valence-electron chi connectivity index (χ4n) is 1.64. The lowest BCUT2D eigenvalue weighted by Crippen LogP contribution is -2.47. The van der Waals surface area contributed by atoms with Crippen LogP contribution in [0.25, 0.3) is 0 Å². The largest absolute Gasteiger partial charge is 0.357 e. The van der Waals surface area contributed by atoms with Crippen LogP contribution >= 0.6 is 0 Å². The predicted octanol–water partition coefficient (Wildman–Crippen LogP) is 2.85. The van der Waals surface area contributed by atoms with Crippen LogP contribution in [0.15, 0.2) is 29.3 Å². The van der Waals surface area contributed by atoms with Crippen LogP contribution in [0, 0.1) is 6.92 Å². The molecule has 1 aromatic carbocycles. The Balaban J connectivity index is 2.71. The molecule has 0 amide bonds. The second kappa shape index (κ2) is 6.43. The van der Waals surface area contributed by atoms with Crippen molar-refractivity contribution in [3.63, 3.8) is 0 Å². The Hall–Kier alpha value is -1.51. The molecular formula is C15H25N3. The molecule has 3 nitrogen and oxygen atoms in total. The fourth-order valence-corrected chi connectivity index (χ4v) is 1.64. The second-order valence-electron chi connectivity index (χ2n) is 5.56. The lowest BCUT2D eigenvalue weighted by molar-refractivity contribution is 0.501. The van der Waals surface area contributed by atoms with Crippen molar-refractivity contribution in [1.29, 1.82) is 0 Å². The maximum absolute atomic E-state index is 4.60. The molecule has 0 aliphatic rings. The van der Waals surface area contributed by atoms with Gasteiger partial charge >= 0.3 is 0 Å². The summed E-state index contributed by atoms with van der Waals surface area (Å²) in [4.78, 5) is 4.60. The number of aliphatic imine (C=N–C) groups is 1. The van der Waals surface area contributed by atoms with Gasteiger partial charge in [-0.05, 0) is 40.2 Å². The van der Waals surface area contributed by atoms with Crippen LogP contribution in [0.5, 0.6) is 0 Å². The Bertz CT molecular complexity index is 402. The van der Waals surface area contributed by atoms with E-state index in [1.165, 1.54) is 11.1 Å². The van der Waals surface area contributed by atoms with Gasteiger partial charge < -0.3 is 10.6 Å². The average molecular weight is 247 g/mol. The second-order valence-corrected chi connectivity index (χ2v) is 5.56. The van der Waals surface area contributed by atoms with Crippen LogP contribution in [0.3, 0.4) is 0 Å². The molecule has 0 bridgehead atoms. The van der Waals surface area contributed by atoms with Crippen molar-refractivity contribution in [2.24, 2.45) is 4.99 Å². The molecule has 0 radical (unpaired) electrons. The molecule has 1 rings (SSSR count). The van der Waals surface area contributed by atoms with Crippen LogP contribution in [-0.2, 0) is 6.54 Å². The van der Waals surface area contributed by atoms with Gasteiger partial charge in [0.1, 0.15) is 0 Å². The molecule has 0 aliphatic carbocycles. The van der Waals surface area contributed by atoms with Gasteiger partial charge in [-0.1, -0.05) is 29.8 Å². The standard InChI is InChI=1S/C15H25N3/c1-6-16-14(18-15(3,4)5)17-11-13-9-7-8-12(2)10-13/h7-10H,6,11H2,1-5H3,(H2,16,17,18). The molecule has 0 saturated heterocycles. The smallest absolute Gasteiger partial charge is 0.191 e. The minimum atomic E-state index is 0.0214. The van der Waals surface area contributed by atoms with Crippen molar-refractivity contribution in [3.8, 4) is 0 Å². The van der Waals surface area contributed by atoms with Gasteiger partial charge in [0.25, 0.3) is 0 Å². The molecule has 0 aromatic heterocycles. The highest BCUT2D eigenvalue weighted by atomic mass is 15.2. The number of rotatable bonds is 3. The minimum Gasteiger partial charge on any atom is -0.357 e. The highest BCUT2D eigenvalue weighted by molar-refractivity contribution is 5.80. The molecule has 0 heterocycles. The Morgan fingerprint density at radius 3 is 2.56 bits per heavy atom. The molecule has 2 N–H and O–H groups in total. The van der Waals surface area contributed by atoms with E-state index in [1.807, 2.05) is 0 Å². The fraction of sp³-hybridized carbons (Fsp3) is 0.533. The molecule has 0 aliphatic heterocycles. The summed E-state index contributed by atoms with van der Waals surface area (Å²) in [5.41, 5.74) is 2.53. The molecule has 100 valence electrons. The Morgan fingerprint density at radius 2 is 2.00 bits per heavy atom. The highest BCUT2D eigenvalue weighted by Crippen LogP contribution is 2.05. The Morgan fingerprint density at radius 1 is 1.28 bits per heavy atom. The van der Waals surface area contributed by atoms with E-state index in [2.05, 4.69) is 74.5 Å². The first-order valence-electron chi connectivity index (χ1n) is 6.53. The summed E-state index contributed by atoms with van der Waals surface area (Å²) in [5, 5.41) is 6.64. The molecule has 1 aromatic rings. The zero-order chi connectivity index (χ0) is 13.6. The quantitative estimate of drug-likeness (QED) is 0.636. The molecule has 0 saturated carbocycles. The lowest BCUT2D eigenvalue weighted by atomic mass is 10.1. The number of aryl methyl sites for hydroxylation is 1. The lowest BCUT2D eigenvalue weighted by Gasteiger charge is -2.23. The summed E-state index contributed by atoms with van der Waals surface area (Å²) in [7, 11) is 0. The predicted molar refractivity (Wildman–Crippen MR) is 78.9 cm³/mol. The number of hydrogen-bond donors (Lipinski definition) is 2. The van der Waals surface area contributed by atoms with E-state index in [1.54, 1.807) is 0 Å². The first kappa shape index (κ1) is 14.6. The van der Waals surface area contributed by atoms with Crippen LogP contribution in [-0.4, -0.2) is 18.0 Å². The first-order chi connectivity index (χ1) is 8.40. The summed E-state index contributed by atoms with van der Waals surface area (Å²) in [6.45, 7) is 12.1.